The monoisotopic (exact) mass is 268 g/mol. The van der Waals surface area contributed by atoms with E-state index in [0.717, 1.165) is 5.69 Å². The van der Waals surface area contributed by atoms with E-state index in [1.807, 2.05) is 32.9 Å². The average Bonchev–Trinajstić information content (AvgIpc) is 2.15. The van der Waals surface area contributed by atoms with Gasteiger partial charge in [0.1, 0.15) is 5.60 Å². The van der Waals surface area contributed by atoms with Crippen molar-refractivity contribution in [3.05, 3.63) is 29.0 Å². The van der Waals surface area contributed by atoms with Crippen molar-refractivity contribution in [1.82, 2.24) is 9.88 Å². The second-order valence-corrected chi connectivity index (χ2v) is 5.92. The van der Waals surface area contributed by atoms with Gasteiger partial charge < -0.3 is 9.64 Å². The minimum absolute atomic E-state index is 0.257. The maximum atomic E-state index is 11.7. The normalized spacial score (nSPS) is 16.3. The number of nitrogens with zero attached hydrogens (tertiary/aromatic N) is 2. The van der Waals surface area contributed by atoms with Crippen molar-refractivity contribution in [2.75, 3.05) is 13.1 Å². The van der Waals surface area contributed by atoms with Gasteiger partial charge in [0.2, 0.25) is 0 Å². The number of carbonyl (C=O) groups is 1. The summed E-state index contributed by atoms with van der Waals surface area (Å²) >= 11 is 5.78. The molecule has 0 atom stereocenters. The first-order valence-electron chi connectivity index (χ1n) is 5.94. The third kappa shape index (κ3) is 3.13. The SMILES string of the molecule is CC(C)(C)OC(=O)N1CC(c2ccc(Cl)cn2)C1. The Morgan fingerprint density at radius 2 is 2.11 bits per heavy atom. The van der Waals surface area contributed by atoms with Crippen LogP contribution >= 0.6 is 11.6 Å². The Kier molecular flexibility index (Phi) is 3.48. The molecule has 0 aromatic carbocycles. The molecule has 0 bridgehead atoms. The number of amides is 1. The van der Waals surface area contributed by atoms with Gasteiger partial charge in [-0.05, 0) is 32.9 Å². The van der Waals surface area contributed by atoms with Gasteiger partial charge in [-0.2, -0.15) is 0 Å². The summed E-state index contributed by atoms with van der Waals surface area (Å²) in [5.41, 5.74) is 0.528. The topological polar surface area (TPSA) is 42.4 Å². The summed E-state index contributed by atoms with van der Waals surface area (Å²) in [6.07, 6.45) is 1.38. The van der Waals surface area contributed by atoms with Gasteiger partial charge in [0.05, 0.1) is 5.02 Å². The van der Waals surface area contributed by atoms with Crippen molar-refractivity contribution in [2.45, 2.75) is 32.3 Å². The Labute approximate surface area is 112 Å². The third-order valence-corrected chi connectivity index (χ3v) is 2.93. The predicted octanol–water partition coefficient (Wildman–Crippen LogP) is 3.07. The molecule has 98 valence electrons. The Hall–Kier alpha value is -1.29. The number of hydrogen-bond donors (Lipinski definition) is 0. The molecule has 1 aliphatic rings. The zero-order valence-electron chi connectivity index (χ0n) is 10.8. The number of carbonyl (C=O) groups excluding carboxylic acids is 1. The van der Waals surface area contributed by atoms with Crippen LogP contribution in [0.25, 0.3) is 0 Å². The van der Waals surface area contributed by atoms with E-state index in [-0.39, 0.29) is 12.0 Å². The molecule has 1 saturated heterocycles. The van der Waals surface area contributed by atoms with E-state index < -0.39 is 5.60 Å². The lowest BCUT2D eigenvalue weighted by Gasteiger charge is -2.39. The average molecular weight is 269 g/mol. The van der Waals surface area contributed by atoms with E-state index in [2.05, 4.69) is 4.98 Å². The van der Waals surface area contributed by atoms with Crippen molar-refractivity contribution in [3.63, 3.8) is 0 Å². The van der Waals surface area contributed by atoms with Gasteiger partial charge in [-0.1, -0.05) is 11.6 Å². The quantitative estimate of drug-likeness (QED) is 0.786. The lowest BCUT2D eigenvalue weighted by molar-refractivity contribution is 0.00788. The zero-order valence-corrected chi connectivity index (χ0v) is 11.6. The molecule has 18 heavy (non-hydrogen) atoms. The van der Waals surface area contributed by atoms with Crippen LogP contribution in [0.15, 0.2) is 18.3 Å². The highest BCUT2D eigenvalue weighted by atomic mass is 35.5. The molecule has 0 radical (unpaired) electrons. The highest BCUT2D eigenvalue weighted by Gasteiger charge is 2.35. The number of ether oxygens (including phenoxy) is 1. The van der Waals surface area contributed by atoms with E-state index in [4.69, 9.17) is 16.3 Å². The Morgan fingerprint density at radius 3 is 2.61 bits per heavy atom. The highest BCUT2D eigenvalue weighted by molar-refractivity contribution is 6.30. The minimum atomic E-state index is -0.444. The molecule has 1 aliphatic heterocycles. The van der Waals surface area contributed by atoms with Gasteiger partial charge in [0.25, 0.3) is 0 Å². The lowest BCUT2D eigenvalue weighted by atomic mass is 9.96. The van der Waals surface area contributed by atoms with Crippen LogP contribution in [0.3, 0.4) is 0 Å². The van der Waals surface area contributed by atoms with Crippen molar-refractivity contribution in [1.29, 1.82) is 0 Å². The van der Waals surface area contributed by atoms with Crippen LogP contribution in [0.1, 0.15) is 32.4 Å². The second kappa shape index (κ2) is 4.76. The van der Waals surface area contributed by atoms with E-state index in [0.29, 0.717) is 18.1 Å². The molecule has 2 heterocycles. The van der Waals surface area contributed by atoms with Gasteiger partial charge in [0.15, 0.2) is 0 Å². The van der Waals surface area contributed by atoms with Gasteiger partial charge in [-0.15, -0.1) is 0 Å². The number of aromatic nitrogens is 1. The van der Waals surface area contributed by atoms with Gasteiger partial charge in [-0.25, -0.2) is 4.79 Å². The first-order chi connectivity index (χ1) is 8.35. The van der Waals surface area contributed by atoms with Crippen molar-refractivity contribution >= 4 is 17.7 Å². The van der Waals surface area contributed by atoms with Crippen LogP contribution in [-0.4, -0.2) is 34.7 Å². The number of pyridine rings is 1. The third-order valence-electron chi connectivity index (χ3n) is 2.70. The molecular formula is C13H17ClN2O2. The summed E-state index contributed by atoms with van der Waals surface area (Å²) < 4.78 is 5.29. The highest BCUT2D eigenvalue weighted by Crippen LogP contribution is 2.27. The summed E-state index contributed by atoms with van der Waals surface area (Å²) in [6.45, 7) is 6.90. The Bertz CT molecular complexity index is 433. The van der Waals surface area contributed by atoms with Crippen LogP contribution in [0, 0.1) is 0 Å². The van der Waals surface area contributed by atoms with Crippen LogP contribution in [0.2, 0.25) is 5.02 Å². The van der Waals surface area contributed by atoms with Gasteiger partial charge in [0, 0.05) is 30.9 Å². The fourth-order valence-electron chi connectivity index (χ4n) is 1.77. The molecule has 0 spiro atoms. The Morgan fingerprint density at radius 1 is 1.44 bits per heavy atom. The van der Waals surface area contributed by atoms with E-state index in [1.165, 1.54) is 0 Å². The van der Waals surface area contributed by atoms with Crippen molar-refractivity contribution < 1.29 is 9.53 Å². The molecule has 5 heteroatoms. The molecule has 0 aliphatic carbocycles. The first kappa shape index (κ1) is 13.1. The van der Waals surface area contributed by atoms with Crippen LogP contribution in [0.4, 0.5) is 4.79 Å². The fourth-order valence-corrected chi connectivity index (χ4v) is 1.88. The van der Waals surface area contributed by atoms with Gasteiger partial charge in [-0.3, -0.25) is 4.98 Å². The van der Waals surface area contributed by atoms with Crippen LogP contribution in [0.5, 0.6) is 0 Å². The number of hydrogen-bond acceptors (Lipinski definition) is 3. The molecular weight excluding hydrogens is 252 g/mol. The molecule has 0 N–H and O–H groups in total. The molecule has 1 fully saturated rings. The molecule has 1 aromatic rings. The number of rotatable bonds is 1. The summed E-state index contributed by atoms with van der Waals surface area (Å²) in [4.78, 5) is 17.7. The maximum absolute atomic E-state index is 11.7. The minimum Gasteiger partial charge on any atom is -0.444 e. The molecule has 0 unspecified atom stereocenters. The molecule has 2 rings (SSSR count). The predicted molar refractivity (Wildman–Crippen MR) is 69.8 cm³/mol. The number of likely N-dealkylation sites (tertiary alicyclic amines) is 1. The molecule has 1 amide bonds. The smallest absolute Gasteiger partial charge is 0.410 e. The van der Waals surface area contributed by atoms with Gasteiger partial charge >= 0.3 is 6.09 Å². The van der Waals surface area contributed by atoms with E-state index in [9.17, 15) is 4.79 Å². The zero-order chi connectivity index (χ0) is 13.3. The molecule has 1 aromatic heterocycles. The lowest BCUT2D eigenvalue weighted by Crippen LogP contribution is -2.50. The largest absolute Gasteiger partial charge is 0.444 e. The van der Waals surface area contributed by atoms with Crippen LogP contribution in [-0.2, 0) is 4.74 Å². The molecule has 0 saturated carbocycles. The van der Waals surface area contributed by atoms with E-state index in [1.54, 1.807) is 11.1 Å². The van der Waals surface area contributed by atoms with E-state index >= 15 is 0 Å². The van der Waals surface area contributed by atoms with Crippen molar-refractivity contribution in [2.24, 2.45) is 0 Å². The number of halogens is 1. The second-order valence-electron chi connectivity index (χ2n) is 5.48. The van der Waals surface area contributed by atoms with Crippen molar-refractivity contribution in [3.8, 4) is 0 Å². The molecule has 4 nitrogen and oxygen atoms in total. The summed E-state index contributed by atoms with van der Waals surface area (Å²) in [5, 5.41) is 0.627. The van der Waals surface area contributed by atoms with Crippen LogP contribution < -0.4 is 0 Å². The standard InChI is InChI=1S/C13H17ClN2O2/c1-13(2,3)18-12(17)16-7-9(8-16)11-5-4-10(14)6-15-11/h4-6,9H,7-8H2,1-3H3. The summed E-state index contributed by atoms with van der Waals surface area (Å²) in [7, 11) is 0. The maximum Gasteiger partial charge on any atom is 0.410 e. The Balaban J connectivity index is 1.87. The summed E-state index contributed by atoms with van der Waals surface area (Å²) in [5.74, 6) is 0.287. The first-order valence-corrected chi connectivity index (χ1v) is 6.32. The summed E-state index contributed by atoms with van der Waals surface area (Å²) in [6, 6.07) is 3.72. The fraction of sp³-hybridized carbons (Fsp3) is 0.538.